The van der Waals surface area contributed by atoms with Gasteiger partial charge in [0.2, 0.25) is 11.8 Å². The molecule has 0 unspecified atom stereocenters. The monoisotopic (exact) mass is 434 g/mol. The number of carbonyl (C=O) groups excluding carboxylic acids is 2. The Labute approximate surface area is 181 Å². The van der Waals surface area contributed by atoms with E-state index >= 15 is 0 Å². The number of carbonyl (C=O) groups is 2. The van der Waals surface area contributed by atoms with Crippen molar-refractivity contribution in [3.63, 3.8) is 0 Å². The van der Waals surface area contributed by atoms with Gasteiger partial charge in [-0.2, -0.15) is 5.10 Å². The number of nitrogens with zero attached hydrogens (tertiary/aromatic N) is 4. The van der Waals surface area contributed by atoms with Crippen molar-refractivity contribution < 1.29 is 14.0 Å². The molecule has 0 spiro atoms. The molecule has 2 amide bonds. The van der Waals surface area contributed by atoms with E-state index in [1.54, 1.807) is 36.4 Å². The Morgan fingerprint density at radius 1 is 1.06 bits per heavy atom. The van der Waals surface area contributed by atoms with Gasteiger partial charge in [0, 0.05) is 31.3 Å². The molecule has 0 aliphatic heterocycles. The molecular formula is C22H19FN6O3. The molecule has 4 aromatic rings. The minimum absolute atomic E-state index is 0.0452. The second-order valence-electron chi connectivity index (χ2n) is 7.07. The second-order valence-corrected chi connectivity index (χ2v) is 7.07. The lowest BCUT2D eigenvalue weighted by Crippen LogP contribution is -2.23. The van der Waals surface area contributed by atoms with E-state index in [1.165, 1.54) is 40.8 Å². The van der Waals surface area contributed by atoms with Crippen molar-refractivity contribution in [2.75, 3.05) is 10.6 Å². The fourth-order valence-corrected chi connectivity index (χ4v) is 3.20. The zero-order valence-electron chi connectivity index (χ0n) is 17.1. The maximum absolute atomic E-state index is 13.2. The van der Waals surface area contributed by atoms with Crippen LogP contribution in [0.3, 0.4) is 0 Å². The highest BCUT2D eigenvalue weighted by Crippen LogP contribution is 2.16. The number of amides is 2. The molecular weight excluding hydrogens is 415 g/mol. The number of hydrogen-bond acceptors (Lipinski definition) is 5. The molecule has 0 radical (unpaired) electrons. The minimum atomic E-state index is -0.374. The number of nitrogens with one attached hydrogen (secondary N) is 2. The van der Waals surface area contributed by atoms with E-state index in [2.05, 4.69) is 20.7 Å². The Hall–Kier alpha value is -4.34. The summed E-state index contributed by atoms with van der Waals surface area (Å²) in [6, 6.07) is 12.4. The van der Waals surface area contributed by atoms with Gasteiger partial charge in [0.05, 0.1) is 18.2 Å². The average Bonchev–Trinajstić information content (AvgIpc) is 3.18. The van der Waals surface area contributed by atoms with Gasteiger partial charge in [-0.25, -0.2) is 14.1 Å². The third-order valence-electron chi connectivity index (χ3n) is 4.67. The number of hydrogen-bond donors (Lipinski definition) is 2. The summed E-state index contributed by atoms with van der Waals surface area (Å²) in [5, 5.41) is 9.86. The van der Waals surface area contributed by atoms with E-state index in [-0.39, 0.29) is 36.2 Å². The van der Waals surface area contributed by atoms with Crippen LogP contribution in [0, 0.1) is 5.82 Å². The number of aryl methyl sites for hydroxylation is 1. The van der Waals surface area contributed by atoms with E-state index < -0.39 is 0 Å². The number of halogens is 1. The van der Waals surface area contributed by atoms with E-state index in [4.69, 9.17) is 0 Å². The van der Waals surface area contributed by atoms with Crippen molar-refractivity contribution in [3.05, 3.63) is 77.2 Å². The molecule has 0 fully saturated rings. The quantitative estimate of drug-likeness (QED) is 0.485. The lowest BCUT2D eigenvalue weighted by molar-refractivity contribution is -0.116. The fourth-order valence-electron chi connectivity index (χ4n) is 3.20. The molecule has 2 aromatic carbocycles. The molecule has 0 saturated heterocycles. The third-order valence-corrected chi connectivity index (χ3v) is 4.67. The number of benzene rings is 2. The summed E-state index contributed by atoms with van der Waals surface area (Å²) >= 11 is 0. The predicted octanol–water partition coefficient (Wildman–Crippen LogP) is 2.71. The Balaban J connectivity index is 1.46. The van der Waals surface area contributed by atoms with Crippen molar-refractivity contribution in [2.45, 2.75) is 19.9 Å². The molecule has 2 N–H and O–H groups in total. The van der Waals surface area contributed by atoms with Crippen LogP contribution < -0.4 is 16.2 Å². The Morgan fingerprint density at radius 3 is 2.50 bits per heavy atom. The topological polar surface area (TPSA) is 111 Å². The smallest absolute Gasteiger partial charge is 0.264 e. The lowest BCUT2D eigenvalue weighted by Gasteiger charge is -2.09. The summed E-state index contributed by atoms with van der Waals surface area (Å²) in [5.74, 6) is -0.877. The molecule has 4 rings (SSSR count). The van der Waals surface area contributed by atoms with Crippen LogP contribution in [0.5, 0.6) is 0 Å². The normalized spacial score (nSPS) is 10.8. The SMILES string of the molecule is CC(=O)Nc1cccc(NC(=O)CCn2cnc3c(cnn3-c3ccc(F)cc3)c2=O)c1. The zero-order chi connectivity index (χ0) is 22.7. The van der Waals surface area contributed by atoms with Crippen LogP contribution in [-0.4, -0.2) is 31.1 Å². The lowest BCUT2D eigenvalue weighted by atomic mass is 10.2. The zero-order valence-corrected chi connectivity index (χ0v) is 17.1. The first-order chi connectivity index (χ1) is 15.4. The average molecular weight is 434 g/mol. The van der Waals surface area contributed by atoms with Crippen LogP contribution in [0.25, 0.3) is 16.7 Å². The van der Waals surface area contributed by atoms with E-state index in [0.717, 1.165) is 0 Å². The molecule has 9 nitrogen and oxygen atoms in total. The molecule has 0 atom stereocenters. The van der Waals surface area contributed by atoms with E-state index in [9.17, 15) is 18.8 Å². The standard InChI is InChI=1S/C22H19FN6O3/c1-14(30)26-16-3-2-4-17(11-16)27-20(31)9-10-28-13-24-21-19(22(28)32)12-25-29(21)18-7-5-15(23)6-8-18/h2-8,11-13H,9-10H2,1H3,(H,26,30)(H,27,31). The van der Waals surface area contributed by atoms with E-state index in [0.29, 0.717) is 28.1 Å². The molecule has 0 saturated carbocycles. The minimum Gasteiger partial charge on any atom is -0.326 e. The number of anilines is 2. The largest absolute Gasteiger partial charge is 0.326 e. The summed E-state index contributed by atoms with van der Waals surface area (Å²) in [6.45, 7) is 1.53. The van der Waals surface area contributed by atoms with Gasteiger partial charge in [0.1, 0.15) is 11.2 Å². The van der Waals surface area contributed by atoms with Crippen LogP contribution in [0.1, 0.15) is 13.3 Å². The summed E-state index contributed by atoms with van der Waals surface area (Å²) in [6.07, 6.45) is 2.80. The van der Waals surface area contributed by atoms with Gasteiger partial charge >= 0.3 is 0 Å². The first-order valence-electron chi connectivity index (χ1n) is 9.77. The highest BCUT2D eigenvalue weighted by Gasteiger charge is 2.12. The summed E-state index contributed by atoms with van der Waals surface area (Å²) in [7, 11) is 0. The van der Waals surface area contributed by atoms with Gasteiger partial charge in [-0.15, -0.1) is 0 Å². The van der Waals surface area contributed by atoms with Crippen LogP contribution in [0.2, 0.25) is 0 Å². The fraction of sp³-hybridized carbons (Fsp3) is 0.136. The molecule has 10 heteroatoms. The molecule has 2 heterocycles. The molecule has 0 aliphatic carbocycles. The summed E-state index contributed by atoms with van der Waals surface area (Å²) < 4.78 is 16.0. The summed E-state index contributed by atoms with van der Waals surface area (Å²) in [4.78, 5) is 40.6. The van der Waals surface area contributed by atoms with Crippen LogP contribution >= 0.6 is 0 Å². The molecule has 162 valence electrons. The highest BCUT2D eigenvalue weighted by molar-refractivity contribution is 5.93. The van der Waals surface area contributed by atoms with Crippen molar-refractivity contribution in [2.24, 2.45) is 0 Å². The molecule has 0 aliphatic rings. The first-order valence-corrected chi connectivity index (χ1v) is 9.77. The van der Waals surface area contributed by atoms with Crippen LogP contribution in [-0.2, 0) is 16.1 Å². The summed E-state index contributed by atoms with van der Waals surface area (Å²) in [5.41, 5.74) is 1.69. The number of fused-ring (bicyclic) bond motifs is 1. The second kappa shape index (κ2) is 8.80. The number of aromatic nitrogens is 4. The van der Waals surface area contributed by atoms with Crippen molar-refractivity contribution in [1.29, 1.82) is 0 Å². The Kier molecular flexibility index (Phi) is 5.75. The van der Waals surface area contributed by atoms with Gasteiger partial charge in [-0.05, 0) is 42.5 Å². The molecule has 2 aromatic heterocycles. The van der Waals surface area contributed by atoms with Crippen molar-refractivity contribution in [1.82, 2.24) is 19.3 Å². The van der Waals surface area contributed by atoms with Crippen molar-refractivity contribution >= 4 is 34.2 Å². The molecule has 32 heavy (non-hydrogen) atoms. The van der Waals surface area contributed by atoms with Gasteiger partial charge in [-0.1, -0.05) is 6.07 Å². The van der Waals surface area contributed by atoms with Crippen molar-refractivity contribution in [3.8, 4) is 5.69 Å². The number of rotatable bonds is 6. The van der Waals surface area contributed by atoms with E-state index in [1.807, 2.05) is 0 Å². The Morgan fingerprint density at radius 2 is 1.78 bits per heavy atom. The van der Waals surface area contributed by atoms with Gasteiger partial charge in [-0.3, -0.25) is 19.0 Å². The maximum Gasteiger partial charge on any atom is 0.264 e. The van der Waals surface area contributed by atoms with Gasteiger partial charge < -0.3 is 10.6 Å². The third kappa shape index (κ3) is 4.53. The molecule has 0 bridgehead atoms. The Bertz CT molecular complexity index is 1360. The van der Waals surface area contributed by atoms with Gasteiger partial charge in [0.25, 0.3) is 5.56 Å². The maximum atomic E-state index is 13.2. The van der Waals surface area contributed by atoms with Crippen LogP contribution in [0.4, 0.5) is 15.8 Å². The van der Waals surface area contributed by atoms with Gasteiger partial charge in [0.15, 0.2) is 5.65 Å². The first kappa shape index (κ1) is 20.9. The highest BCUT2D eigenvalue weighted by atomic mass is 19.1. The van der Waals surface area contributed by atoms with Crippen LogP contribution in [0.15, 0.2) is 65.8 Å². The predicted molar refractivity (Wildman–Crippen MR) is 117 cm³/mol.